The van der Waals surface area contributed by atoms with Gasteiger partial charge in [-0.1, -0.05) is 69.9 Å². The molecule has 0 aliphatic carbocycles. The minimum Gasteiger partial charge on any atom is -0.508 e. The number of phenols is 1. The first kappa shape index (κ1) is 21.4. The molecule has 0 amide bonds. The summed E-state index contributed by atoms with van der Waals surface area (Å²) in [6.45, 7) is 6.76. The van der Waals surface area contributed by atoms with Gasteiger partial charge in [0.15, 0.2) is 0 Å². The predicted molar refractivity (Wildman–Crippen MR) is 120 cm³/mol. The summed E-state index contributed by atoms with van der Waals surface area (Å²) in [7, 11) is 0. The molecular formula is C25H35N3O. The Balaban J connectivity index is 1.65. The lowest BCUT2D eigenvalue weighted by Gasteiger charge is -2.24. The van der Waals surface area contributed by atoms with Crippen LogP contribution in [0.4, 0.5) is 0 Å². The van der Waals surface area contributed by atoms with E-state index in [4.69, 9.17) is 0 Å². The van der Waals surface area contributed by atoms with Gasteiger partial charge in [-0.25, -0.2) is 0 Å². The average molecular weight is 394 g/mol. The number of benzene rings is 2. The Morgan fingerprint density at radius 3 is 2.17 bits per heavy atom. The number of para-hydroxylation sites is 1. The Bertz CT molecular complexity index is 855. The Labute approximate surface area is 175 Å². The minimum atomic E-state index is 0.252. The molecular weight excluding hydrogens is 358 g/mol. The quantitative estimate of drug-likeness (QED) is 0.362. The molecule has 156 valence electrons. The molecule has 4 nitrogen and oxygen atoms in total. The molecule has 29 heavy (non-hydrogen) atoms. The summed E-state index contributed by atoms with van der Waals surface area (Å²) in [5.41, 5.74) is 3.01. The van der Waals surface area contributed by atoms with Gasteiger partial charge in [-0.15, -0.1) is 0 Å². The Morgan fingerprint density at radius 2 is 1.52 bits per heavy atom. The van der Waals surface area contributed by atoms with Crippen LogP contribution in [0.3, 0.4) is 0 Å². The minimum absolute atomic E-state index is 0.252. The number of rotatable bonds is 11. The van der Waals surface area contributed by atoms with Crippen molar-refractivity contribution in [1.29, 1.82) is 0 Å². The molecule has 0 spiro atoms. The number of unbranched alkanes of at least 4 members (excludes halogenated alkanes) is 3. The van der Waals surface area contributed by atoms with Gasteiger partial charge in [0.1, 0.15) is 16.8 Å². The number of phenolic OH excluding ortho intramolecular Hbond substituents is 1. The molecule has 3 unspecified atom stereocenters. The molecule has 3 atom stereocenters. The highest BCUT2D eigenvalue weighted by Crippen LogP contribution is 2.36. The third-order valence-corrected chi connectivity index (χ3v) is 5.91. The van der Waals surface area contributed by atoms with Crippen LogP contribution in [0.25, 0.3) is 11.0 Å². The molecule has 0 aliphatic heterocycles. The first-order chi connectivity index (χ1) is 14.1. The highest BCUT2D eigenvalue weighted by molar-refractivity contribution is 5.72. The van der Waals surface area contributed by atoms with Crippen molar-refractivity contribution >= 4 is 11.0 Å². The molecule has 0 fully saturated rings. The Kier molecular flexibility index (Phi) is 7.68. The molecule has 0 radical (unpaired) electrons. The van der Waals surface area contributed by atoms with Crippen molar-refractivity contribution < 1.29 is 5.11 Å². The van der Waals surface area contributed by atoms with Gasteiger partial charge < -0.3 is 5.11 Å². The Hall–Kier alpha value is -2.36. The molecule has 1 aromatic heterocycles. The van der Waals surface area contributed by atoms with Crippen LogP contribution in [0.2, 0.25) is 0 Å². The normalized spacial score (nSPS) is 14.7. The van der Waals surface area contributed by atoms with Gasteiger partial charge in [-0.3, -0.25) is 0 Å². The fourth-order valence-electron chi connectivity index (χ4n) is 4.38. The molecule has 3 aromatic rings. The number of fused-ring (bicyclic) bond motifs is 1. The number of hydrogen-bond donors (Lipinski definition) is 1. The molecule has 0 saturated heterocycles. The second-order valence-corrected chi connectivity index (χ2v) is 8.54. The van der Waals surface area contributed by atoms with Crippen LogP contribution in [0.5, 0.6) is 5.75 Å². The maximum Gasteiger partial charge on any atom is 0.119 e. The summed E-state index contributed by atoms with van der Waals surface area (Å²) in [5.74, 6) is 1.36. The zero-order valence-corrected chi connectivity index (χ0v) is 18.1. The molecule has 4 heteroatoms. The third kappa shape index (κ3) is 5.81. The van der Waals surface area contributed by atoms with Crippen molar-refractivity contribution in [3.8, 4) is 5.75 Å². The standard InChI is InChI=1S/C25H35N3O/c1-4-5-6-7-12-21(22-13-8-11-16-25(22)29)18-19(2)17-20(3)28-26-23-14-9-10-15-24(23)27-28/h8-11,13-16,19-21,29H,4-7,12,17-18H2,1-3H3. The molecule has 0 bridgehead atoms. The zero-order chi connectivity index (χ0) is 20.6. The second-order valence-electron chi connectivity index (χ2n) is 8.54. The van der Waals surface area contributed by atoms with E-state index < -0.39 is 0 Å². The van der Waals surface area contributed by atoms with E-state index in [0.717, 1.165) is 35.9 Å². The van der Waals surface area contributed by atoms with Crippen molar-refractivity contribution in [3.05, 3.63) is 54.1 Å². The van der Waals surface area contributed by atoms with E-state index in [-0.39, 0.29) is 6.04 Å². The second kappa shape index (κ2) is 10.4. The first-order valence-electron chi connectivity index (χ1n) is 11.2. The highest BCUT2D eigenvalue weighted by atomic mass is 16.3. The van der Waals surface area contributed by atoms with Crippen molar-refractivity contribution in [2.45, 2.75) is 77.7 Å². The summed E-state index contributed by atoms with van der Waals surface area (Å²) in [4.78, 5) is 1.87. The summed E-state index contributed by atoms with van der Waals surface area (Å²) in [6, 6.07) is 16.2. The van der Waals surface area contributed by atoms with Gasteiger partial charge in [0, 0.05) is 0 Å². The highest BCUT2D eigenvalue weighted by Gasteiger charge is 2.20. The lowest BCUT2D eigenvalue weighted by molar-refractivity contribution is 0.319. The largest absolute Gasteiger partial charge is 0.508 e. The summed E-state index contributed by atoms with van der Waals surface area (Å²) < 4.78 is 0. The van der Waals surface area contributed by atoms with E-state index in [9.17, 15) is 5.11 Å². The van der Waals surface area contributed by atoms with Gasteiger partial charge in [-0.2, -0.15) is 15.0 Å². The third-order valence-electron chi connectivity index (χ3n) is 5.91. The lowest BCUT2D eigenvalue weighted by atomic mass is 9.83. The SMILES string of the molecule is CCCCCCC(CC(C)CC(C)n1nc2ccccc2n1)c1ccccc1O. The van der Waals surface area contributed by atoms with Gasteiger partial charge in [-0.05, 0) is 61.8 Å². The van der Waals surface area contributed by atoms with Crippen LogP contribution in [-0.2, 0) is 0 Å². The summed E-state index contributed by atoms with van der Waals surface area (Å²) in [5, 5.41) is 19.7. The maximum atomic E-state index is 10.4. The van der Waals surface area contributed by atoms with E-state index >= 15 is 0 Å². The van der Waals surface area contributed by atoms with E-state index in [1.807, 2.05) is 47.3 Å². The van der Waals surface area contributed by atoms with Crippen LogP contribution in [0, 0.1) is 5.92 Å². The van der Waals surface area contributed by atoms with Crippen LogP contribution in [0.15, 0.2) is 48.5 Å². The molecule has 0 aliphatic rings. The summed E-state index contributed by atoms with van der Waals surface area (Å²) >= 11 is 0. The van der Waals surface area contributed by atoms with E-state index in [1.54, 1.807) is 0 Å². The van der Waals surface area contributed by atoms with Gasteiger partial charge in [0.25, 0.3) is 0 Å². The van der Waals surface area contributed by atoms with Gasteiger partial charge in [0.2, 0.25) is 0 Å². The Morgan fingerprint density at radius 1 is 0.862 bits per heavy atom. The van der Waals surface area contributed by atoms with Crippen LogP contribution in [0.1, 0.15) is 83.2 Å². The fraction of sp³-hybridized carbons (Fsp3) is 0.520. The van der Waals surface area contributed by atoms with E-state index in [2.05, 4.69) is 37.0 Å². The van der Waals surface area contributed by atoms with E-state index in [0.29, 0.717) is 17.6 Å². The van der Waals surface area contributed by atoms with Crippen molar-refractivity contribution in [3.63, 3.8) is 0 Å². The lowest BCUT2D eigenvalue weighted by Crippen LogP contribution is -2.14. The van der Waals surface area contributed by atoms with Crippen LogP contribution < -0.4 is 0 Å². The fourth-order valence-corrected chi connectivity index (χ4v) is 4.38. The number of aromatic hydroxyl groups is 1. The number of nitrogens with zero attached hydrogens (tertiary/aromatic N) is 3. The topological polar surface area (TPSA) is 50.9 Å². The maximum absolute atomic E-state index is 10.4. The number of hydrogen-bond acceptors (Lipinski definition) is 3. The number of aromatic nitrogens is 3. The van der Waals surface area contributed by atoms with Crippen molar-refractivity contribution in [2.75, 3.05) is 0 Å². The first-order valence-corrected chi connectivity index (χ1v) is 11.2. The van der Waals surface area contributed by atoms with Gasteiger partial charge >= 0.3 is 0 Å². The molecule has 2 aromatic carbocycles. The molecule has 3 rings (SSSR count). The average Bonchev–Trinajstić information content (AvgIpc) is 3.15. The van der Waals surface area contributed by atoms with Gasteiger partial charge in [0.05, 0.1) is 6.04 Å². The zero-order valence-electron chi connectivity index (χ0n) is 18.1. The van der Waals surface area contributed by atoms with Crippen molar-refractivity contribution in [2.24, 2.45) is 5.92 Å². The smallest absolute Gasteiger partial charge is 0.119 e. The van der Waals surface area contributed by atoms with E-state index in [1.165, 1.54) is 25.7 Å². The van der Waals surface area contributed by atoms with Crippen LogP contribution in [-0.4, -0.2) is 20.1 Å². The molecule has 0 saturated carbocycles. The summed E-state index contributed by atoms with van der Waals surface area (Å²) in [6.07, 6.45) is 8.28. The predicted octanol–water partition coefficient (Wildman–Crippen LogP) is 6.87. The van der Waals surface area contributed by atoms with Crippen molar-refractivity contribution in [1.82, 2.24) is 15.0 Å². The van der Waals surface area contributed by atoms with Crippen LogP contribution >= 0.6 is 0 Å². The molecule has 1 heterocycles. The monoisotopic (exact) mass is 393 g/mol. The molecule has 1 N–H and O–H groups in total.